The first kappa shape index (κ1) is 15.7. The number of alkyl halides is 2. The van der Waals surface area contributed by atoms with Gasteiger partial charge in [-0.25, -0.2) is 0 Å². The van der Waals surface area contributed by atoms with E-state index in [1.807, 2.05) is 18.2 Å². The minimum Gasteiger partial charge on any atom is -0.454 e. The average molecular weight is 313 g/mol. The fourth-order valence-corrected chi connectivity index (χ4v) is 2.28. The van der Waals surface area contributed by atoms with Crippen molar-refractivity contribution in [3.63, 3.8) is 0 Å². The lowest BCUT2D eigenvalue weighted by atomic mass is 10.2. The molecule has 0 fully saturated rings. The minimum atomic E-state index is 0. The van der Waals surface area contributed by atoms with Crippen molar-refractivity contribution in [2.75, 3.05) is 31.6 Å². The van der Waals surface area contributed by atoms with Crippen LogP contribution in [0.15, 0.2) is 18.2 Å². The van der Waals surface area contributed by atoms with Gasteiger partial charge >= 0.3 is 0 Å². The first-order valence-corrected chi connectivity index (χ1v) is 6.63. The van der Waals surface area contributed by atoms with Gasteiger partial charge in [-0.3, -0.25) is 4.90 Å². The van der Waals surface area contributed by atoms with Crippen molar-refractivity contribution in [2.45, 2.75) is 6.54 Å². The molecule has 0 aliphatic carbocycles. The second-order valence-electron chi connectivity index (χ2n) is 3.84. The lowest BCUT2D eigenvalue weighted by Crippen LogP contribution is -2.27. The van der Waals surface area contributed by atoms with E-state index in [0.29, 0.717) is 18.6 Å². The Hall–Kier alpha value is -0.350. The number of fused-ring (bicyclic) bond motifs is 1. The number of nitrogens with zero attached hydrogens (tertiary/aromatic N) is 1. The molecule has 0 N–H and O–H groups in total. The Morgan fingerprint density at radius 3 is 2.39 bits per heavy atom. The van der Waals surface area contributed by atoms with Gasteiger partial charge < -0.3 is 9.47 Å². The van der Waals surface area contributed by atoms with Crippen LogP contribution in [0.1, 0.15) is 5.56 Å². The Kier molecular flexibility index (Phi) is 6.94. The summed E-state index contributed by atoms with van der Waals surface area (Å²) in [5, 5.41) is 0. The highest BCUT2D eigenvalue weighted by atomic mass is 35.5. The summed E-state index contributed by atoms with van der Waals surface area (Å²) < 4.78 is 10.6. The molecule has 1 heterocycles. The van der Waals surface area contributed by atoms with Crippen molar-refractivity contribution in [3.05, 3.63) is 23.8 Å². The van der Waals surface area contributed by atoms with E-state index in [9.17, 15) is 0 Å². The largest absolute Gasteiger partial charge is 0.454 e. The van der Waals surface area contributed by atoms with Crippen LogP contribution in [0.4, 0.5) is 0 Å². The smallest absolute Gasteiger partial charge is 0.231 e. The molecule has 0 bridgehead atoms. The van der Waals surface area contributed by atoms with Gasteiger partial charge in [-0.2, -0.15) is 0 Å². The number of hydrogen-bond acceptors (Lipinski definition) is 3. The highest BCUT2D eigenvalue weighted by Gasteiger charge is 2.14. The summed E-state index contributed by atoms with van der Waals surface area (Å²) in [6, 6.07) is 6.00. The van der Waals surface area contributed by atoms with Gasteiger partial charge in [0, 0.05) is 31.4 Å². The zero-order valence-electron chi connectivity index (χ0n) is 9.90. The molecule has 1 aliphatic heterocycles. The molecule has 0 atom stereocenters. The van der Waals surface area contributed by atoms with E-state index >= 15 is 0 Å². The number of ether oxygens (including phenoxy) is 2. The van der Waals surface area contributed by atoms with Crippen molar-refractivity contribution < 1.29 is 9.47 Å². The van der Waals surface area contributed by atoms with Gasteiger partial charge in [0.25, 0.3) is 0 Å². The SMILES string of the molecule is Cl.ClCCN(CCCl)Cc1ccc2c(c1)OCO2. The van der Waals surface area contributed by atoms with Crippen LogP contribution in [0.5, 0.6) is 11.5 Å². The molecule has 0 aromatic heterocycles. The molecule has 0 spiro atoms. The summed E-state index contributed by atoms with van der Waals surface area (Å²) in [5.74, 6) is 2.86. The van der Waals surface area contributed by atoms with Crippen LogP contribution in [0, 0.1) is 0 Å². The third-order valence-corrected chi connectivity index (χ3v) is 2.98. The molecule has 18 heavy (non-hydrogen) atoms. The minimum absolute atomic E-state index is 0. The predicted molar refractivity (Wildman–Crippen MR) is 76.5 cm³/mol. The third kappa shape index (κ3) is 4.09. The van der Waals surface area contributed by atoms with Crippen molar-refractivity contribution >= 4 is 35.6 Å². The summed E-state index contributed by atoms with van der Waals surface area (Å²) in [4.78, 5) is 2.22. The molecule has 1 aromatic rings. The lowest BCUT2D eigenvalue weighted by molar-refractivity contribution is 0.174. The molecule has 1 aromatic carbocycles. The Labute approximate surface area is 123 Å². The summed E-state index contributed by atoms with van der Waals surface area (Å²) in [6.45, 7) is 2.81. The second-order valence-corrected chi connectivity index (χ2v) is 4.60. The zero-order chi connectivity index (χ0) is 12.1. The molecule has 0 amide bonds. The van der Waals surface area contributed by atoms with E-state index in [-0.39, 0.29) is 12.4 Å². The Morgan fingerprint density at radius 1 is 1.06 bits per heavy atom. The first-order valence-electron chi connectivity index (χ1n) is 5.56. The second kappa shape index (κ2) is 7.95. The molecule has 3 nitrogen and oxygen atoms in total. The predicted octanol–water partition coefficient (Wildman–Crippen LogP) is 3.12. The van der Waals surface area contributed by atoms with E-state index in [4.69, 9.17) is 32.7 Å². The molecule has 102 valence electrons. The van der Waals surface area contributed by atoms with Gasteiger partial charge in [0.2, 0.25) is 6.79 Å². The van der Waals surface area contributed by atoms with Gasteiger partial charge in [0.15, 0.2) is 11.5 Å². The maximum Gasteiger partial charge on any atom is 0.231 e. The summed E-state index contributed by atoms with van der Waals surface area (Å²) in [5.41, 5.74) is 1.18. The Morgan fingerprint density at radius 2 is 1.72 bits per heavy atom. The maximum absolute atomic E-state index is 5.76. The Bertz CT molecular complexity index is 370. The summed E-state index contributed by atoms with van der Waals surface area (Å²) in [7, 11) is 0. The highest BCUT2D eigenvalue weighted by Crippen LogP contribution is 2.32. The first-order chi connectivity index (χ1) is 8.33. The van der Waals surface area contributed by atoms with E-state index < -0.39 is 0 Å². The van der Waals surface area contributed by atoms with Gasteiger partial charge in [0.05, 0.1) is 0 Å². The maximum atomic E-state index is 5.76. The normalized spacial score (nSPS) is 12.6. The standard InChI is InChI=1S/C12H15Cl2NO2.ClH/c13-3-5-15(6-4-14)8-10-1-2-11-12(7-10)17-9-16-11;/h1-2,7H,3-6,8-9H2;1H. The fraction of sp³-hybridized carbons (Fsp3) is 0.500. The molecule has 0 saturated carbocycles. The Balaban J connectivity index is 0.00000162. The van der Waals surface area contributed by atoms with Gasteiger partial charge in [-0.15, -0.1) is 35.6 Å². The van der Waals surface area contributed by atoms with E-state index in [1.165, 1.54) is 5.56 Å². The van der Waals surface area contributed by atoms with Crippen LogP contribution in [0.25, 0.3) is 0 Å². The van der Waals surface area contributed by atoms with Crippen LogP contribution in [-0.4, -0.2) is 36.5 Å². The van der Waals surface area contributed by atoms with Gasteiger partial charge in [-0.1, -0.05) is 6.07 Å². The average Bonchev–Trinajstić information content (AvgIpc) is 2.77. The van der Waals surface area contributed by atoms with Crippen molar-refractivity contribution in [2.24, 2.45) is 0 Å². The molecule has 0 unspecified atom stereocenters. The fourth-order valence-electron chi connectivity index (χ4n) is 1.81. The molecule has 6 heteroatoms. The van der Waals surface area contributed by atoms with E-state index in [2.05, 4.69) is 4.90 Å². The van der Waals surface area contributed by atoms with Crippen molar-refractivity contribution in [1.82, 2.24) is 4.90 Å². The molecule has 1 aliphatic rings. The van der Waals surface area contributed by atoms with Crippen LogP contribution < -0.4 is 9.47 Å². The number of halogens is 3. The number of rotatable bonds is 6. The van der Waals surface area contributed by atoms with Crippen molar-refractivity contribution in [3.8, 4) is 11.5 Å². The van der Waals surface area contributed by atoms with Gasteiger partial charge in [-0.05, 0) is 17.7 Å². The van der Waals surface area contributed by atoms with E-state index in [1.54, 1.807) is 0 Å². The summed E-state index contributed by atoms with van der Waals surface area (Å²) in [6.07, 6.45) is 0. The molecule has 0 saturated heterocycles. The number of hydrogen-bond donors (Lipinski definition) is 0. The van der Waals surface area contributed by atoms with Crippen LogP contribution >= 0.6 is 35.6 Å². The van der Waals surface area contributed by atoms with Crippen LogP contribution in [-0.2, 0) is 6.54 Å². The number of benzene rings is 1. The third-order valence-electron chi connectivity index (χ3n) is 2.64. The monoisotopic (exact) mass is 311 g/mol. The zero-order valence-corrected chi connectivity index (χ0v) is 12.2. The van der Waals surface area contributed by atoms with Crippen LogP contribution in [0.3, 0.4) is 0 Å². The van der Waals surface area contributed by atoms with Gasteiger partial charge in [0.1, 0.15) is 0 Å². The summed E-state index contributed by atoms with van der Waals surface area (Å²) >= 11 is 11.5. The highest BCUT2D eigenvalue weighted by molar-refractivity contribution is 6.18. The lowest BCUT2D eigenvalue weighted by Gasteiger charge is -2.20. The quantitative estimate of drug-likeness (QED) is 0.753. The molecular weight excluding hydrogens is 296 g/mol. The van der Waals surface area contributed by atoms with Crippen LogP contribution in [0.2, 0.25) is 0 Å². The molecule has 2 rings (SSSR count). The van der Waals surface area contributed by atoms with Crippen molar-refractivity contribution in [1.29, 1.82) is 0 Å². The van der Waals surface area contributed by atoms with E-state index in [0.717, 1.165) is 31.1 Å². The molecular formula is C12H16Cl3NO2. The topological polar surface area (TPSA) is 21.7 Å². The molecule has 0 radical (unpaired) electrons.